The second kappa shape index (κ2) is 4.29. The first-order chi connectivity index (χ1) is 7.93. The van der Waals surface area contributed by atoms with Gasteiger partial charge in [0.1, 0.15) is 4.90 Å². The number of nitrogen functional groups attached to an aromatic ring is 1. The topological polar surface area (TPSA) is 83.6 Å². The number of aliphatic hydroxyl groups excluding tert-OH is 1. The summed E-state index contributed by atoms with van der Waals surface area (Å²) in [6.45, 7) is 2.21. The van der Waals surface area contributed by atoms with Crippen LogP contribution in [0.25, 0.3) is 0 Å². The highest BCUT2D eigenvalue weighted by Gasteiger charge is 2.33. The van der Waals surface area contributed by atoms with Crippen LogP contribution in [-0.2, 0) is 10.0 Å². The van der Waals surface area contributed by atoms with E-state index in [1.807, 2.05) is 0 Å². The minimum atomic E-state index is -3.58. The summed E-state index contributed by atoms with van der Waals surface area (Å²) in [5.41, 5.74) is 6.63. The number of aliphatic hydroxyl groups is 1. The molecule has 1 aromatic carbocycles. The molecule has 1 fully saturated rings. The molecule has 1 saturated heterocycles. The SMILES string of the molecule is Cc1cccc(N)c1S(=O)(=O)N1CCC(O)C1. The van der Waals surface area contributed by atoms with Crippen molar-refractivity contribution in [1.29, 1.82) is 0 Å². The molecule has 6 heteroatoms. The Balaban J connectivity index is 2.45. The first-order valence-electron chi connectivity index (χ1n) is 5.46. The molecule has 0 saturated carbocycles. The molecule has 5 nitrogen and oxygen atoms in total. The molecule has 0 spiro atoms. The predicted octanol–water partition coefficient (Wildman–Crippen LogP) is 0.333. The first-order valence-corrected chi connectivity index (χ1v) is 6.90. The van der Waals surface area contributed by atoms with Gasteiger partial charge >= 0.3 is 0 Å². The van der Waals surface area contributed by atoms with Crippen molar-refractivity contribution in [3.8, 4) is 0 Å². The minimum Gasteiger partial charge on any atom is -0.398 e. The molecule has 1 unspecified atom stereocenters. The van der Waals surface area contributed by atoms with Gasteiger partial charge in [0, 0.05) is 13.1 Å². The lowest BCUT2D eigenvalue weighted by atomic mass is 10.2. The molecule has 1 aromatic rings. The van der Waals surface area contributed by atoms with E-state index in [2.05, 4.69) is 0 Å². The third-order valence-corrected chi connectivity index (χ3v) is 5.05. The molecule has 0 radical (unpaired) electrons. The summed E-state index contributed by atoms with van der Waals surface area (Å²) in [5.74, 6) is 0. The molecule has 0 aromatic heterocycles. The van der Waals surface area contributed by atoms with Crippen LogP contribution in [0, 0.1) is 6.92 Å². The fraction of sp³-hybridized carbons (Fsp3) is 0.455. The largest absolute Gasteiger partial charge is 0.398 e. The highest BCUT2D eigenvalue weighted by atomic mass is 32.2. The van der Waals surface area contributed by atoms with E-state index >= 15 is 0 Å². The van der Waals surface area contributed by atoms with Crippen LogP contribution in [-0.4, -0.2) is 37.0 Å². The standard InChI is InChI=1S/C11H16N2O3S/c1-8-3-2-4-10(12)11(8)17(15,16)13-6-5-9(14)7-13/h2-4,9,14H,5-7,12H2,1H3. The maximum absolute atomic E-state index is 12.4. The number of anilines is 1. The quantitative estimate of drug-likeness (QED) is 0.747. The molecule has 0 aliphatic carbocycles. The Kier molecular flexibility index (Phi) is 3.11. The Bertz CT molecular complexity index is 507. The van der Waals surface area contributed by atoms with Crippen LogP contribution in [0.15, 0.2) is 23.1 Å². The Morgan fingerprint density at radius 3 is 2.71 bits per heavy atom. The van der Waals surface area contributed by atoms with E-state index in [0.717, 1.165) is 0 Å². The summed E-state index contributed by atoms with van der Waals surface area (Å²) in [6, 6.07) is 5.02. The molecule has 1 aliphatic rings. The number of sulfonamides is 1. The van der Waals surface area contributed by atoms with Crippen LogP contribution >= 0.6 is 0 Å². The van der Waals surface area contributed by atoms with Gasteiger partial charge in [-0.2, -0.15) is 4.31 Å². The summed E-state index contributed by atoms with van der Waals surface area (Å²) in [6.07, 6.45) is -0.0969. The Morgan fingerprint density at radius 1 is 1.47 bits per heavy atom. The van der Waals surface area contributed by atoms with Gasteiger partial charge < -0.3 is 10.8 Å². The second-order valence-corrected chi connectivity index (χ2v) is 6.17. The molecule has 17 heavy (non-hydrogen) atoms. The fourth-order valence-corrected chi connectivity index (χ4v) is 3.90. The molecule has 0 amide bonds. The van der Waals surface area contributed by atoms with Crippen molar-refractivity contribution in [3.05, 3.63) is 23.8 Å². The smallest absolute Gasteiger partial charge is 0.245 e. The summed E-state index contributed by atoms with van der Waals surface area (Å²) in [7, 11) is -3.58. The van der Waals surface area contributed by atoms with E-state index in [1.54, 1.807) is 25.1 Å². The van der Waals surface area contributed by atoms with Crippen molar-refractivity contribution >= 4 is 15.7 Å². The molecule has 3 N–H and O–H groups in total. The lowest BCUT2D eigenvalue weighted by Gasteiger charge is -2.18. The number of benzene rings is 1. The number of nitrogens with zero attached hydrogens (tertiary/aromatic N) is 1. The van der Waals surface area contributed by atoms with Gasteiger partial charge in [-0.1, -0.05) is 12.1 Å². The van der Waals surface area contributed by atoms with Crippen LogP contribution in [0.5, 0.6) is 0 Å². The summed E-state index contributed by atoms with van der Waals surface area (Å²) >= 11 is 0. The second-order valence-electron chi connectivity index (χ2n) is 4.30. The molecular formula is C11H16N2O3S. The van der Waals surface area contributed by atoms with E-state index in [0.29, 0.717) is 18.5 Å². The van der Waals surface area contributed by atoms with Crippen molar-refractivity contribution in [2.24, 2.45) is 0 Å². The van der Waals surface area contributed by atoms with Crippen LogP contribution < -0.4 is 5.73 Å². The average molecular weight is 256 g/mol. The Labute approximate surface area is 101 Å². The number of aryl methyl sites for hydroxylation is 1. The third kappa shape index (κ3) is 2.15. The number of rotatable bonds is 2. The number of nitrogens with two attached hydrogens (primary N) is 1. The Hall–Kier alpha value is -1.11. The van der Waals surface area contributed by atoms with Gasteiger partial charge in [-0.25, -0.2) is 8.42 Å². The maximum atomic E-state index is 12.4. The van der Waals surface area contributed by atoms with E-state index in [4.69, 9.17) is 5.73 Å². The van der Waals surface area contributed by atoms with Gasteiger partial charge in [-0.3, -0.25) is 0 Å². The monoisotopic (exact) mass is 256 g/mol. The van der Waals surface area contributed by atoms with Gasteiger partial charge in [0.15, 0.2) is 0 Å². The summed E-state index contributed by atoms with van der Waals surface area (Å²) in [5, 5.41) is 9.41. The highest BCUT2D eigenvalue weighted by molar-refractivity contribution is 7.89. The van der Waals surface area contributed by atoms with Crippen molar-refractivity contribution < 1.29 is 13.5 Å². The normalized spacial score (nSPS) is 21.9. The maximum Gasteiger partial charge on any atom is 0.245 e. The van der Waals surface area contributed by atoms with Gasteiger partial charge in [-0.15, -0.1) is 0 Å². The predicted molar refractivity (Wildman–Crippen MR) is 65.0 cm³/mol. The van der Waals surface area contributed by atoms with Gasteiger partial charge in [0.25, 0.3) is 0 Å². The number of β-amino-alcohol motifs (C(OH)–C–C–N with tert-alkyl or cyclic N) is 1. The molecular weight excluding hydrogens is 240 g/mol. The zero-order chi connectivity index (χ0) is 12.6. The lowest BCUT2D eigenvalue weighted by Crippen LogP contribution is -2.30. The molecule has 94 valence electrons. The van der Waals surface area contributed by atoms with Crippen LogP contribution in [0.3, 0.4) is 0 Å². The molecule has 1 heterocycles. The first kappa shape index (κ1) is 12.3. The highest BCUT2D eigenvalue weighted by Crippen LogP contribution is 2.28. The number of hydrogen-bond donors (Lipinski definition) is 2. The number of hydrogen-bond acceptors (Lipinski definition) is 4. The Morgan fingerprint density at radius 2 is 2.18 bits per heavy atom. The van der Waals surface area contributed by atoms with E-state index in [9.17, 15) is 13.5 Å². The van der Waals surface area contributed by atoms with Crippen molar-refractivity contribution in [2.45, 2.75) is 24.3 Å². The minimum absolute atomic E-state index is 0.149. The van der Waals surface area contributed by atoms with Crippen LogP contribution in [0.4, 0.5) is 5.69 Å². The van der Waals surface area contributed by atoms with Gasteiger partial charge in [-0.05, 0) is 25.0 Å². The zero-order valence-electron chi connectivity index (χ0n) is 9.63. The van der Waals surface area contributed by atoms with E-state index < -0.39 is 16.1 Å². The molecule has 0 bridgehead atoms. The van der Waals surface area contributed by atoms with Crippen LogP contribution in [0.2, 0.25) is 0 Å². The average Bonchev–Trinajstić information content (AvgIpc) is 2.64. The van der Waals surface area contributed by atoms with Gasteiger partial charge in [0.05, 0.1) is 11.8 Å². The lowest BCUT2D eigenvalue weighted by molar-refractivity contribution is 0.189. The molecule has 1 aliphatic heterocycles. The van der Waals surface area contributed by atoms with Crippen LogP contribution in [0.1, 0.15) is 12.0 Å². The third-order valence-electron chi connectivity index (χ3n) is 2.97. The summed E-state index contributed by atoms with van der Waals surface area (Å²) < 4.78 is 26.0. The summed E-state index contributed by atoms with van der Waals surface area (Å²) in [4.78, 5) is 0.161. The van der Waals surface area contributed by atoms with Crippen molar-refractivity contribution in [3.63, 3.8) is 0 Å². The van der Waals surface area contributed by atoms with E-state index in [1.165, 1.54) is 4.31 Å². The van der Waals surface area contributed by atoms with Crippen molar-refractivity contribution in [1.82, 2.24) is 4.31 Å². The zero-order valence-corrected chi connectivity index (χ0v) is 10.4. The van der Waals surface area contributed by atoms with E-state index in [-0.39, 0.29) is 17.1 Å². The molecule has 2 rings (SSSR count). The van der Waals surface area contributed by atoms with Crippen molar-refractivity contribution in [2.75, 3.05) is 18.8 Å². The fourth-order valence-electron chi connectivity index (χ4n) is 2.09. The molecule has 1 atom stereocenters. The van der Waals surface area contributed by atoms with Gasteiger partial charge in [0.2, 0.25) is 10.0 Å².